The Labute approximate surface area is 136 Å². The number of nitrogens with zero attached hydrogens (tertiary/aromatic N) is 3. The van der Waals surface area contributed by atoms with Crippen LogP contribution in [0.1, 0.15) is 30.6 Å². The van der Waals surface area contributed by atoms with Crippen LogP contribution < -0.4 is 10.1 Å². The molecule has 1 saturated heterocycles. The number of amides is 3. The van der Waals surface area contributed by atoms with Gasteiger partial charge in [-0.2, -0.15) is 0 Å². The minimum absolute atomic E-state index is 0.0757. The normalized spacial score (nSPS) is 15.3. The Morgan fingerprint density at radius 1 is 1.22 bits per heavy atom. The van der Waals surface area contributed by atoms with Gasteiger partial charge < -0.3 is 19.9 Å². The van der Waals surface area contributed by atoms with Gasteiger partial charge in [0.25, 0.3) is 5.91 Å². The van der Waals surface area contributed by atoms with Crippen LogP contribution in [-0.4, -0.2) is 66.1 Å². The van der Waals surface area contributed by atoms with Crippen molar-refractivity contribution in [3.05, 3.63) is 23.9 Å². The summed E-state index contributed by atoms with van der Waals surface area (Å²) in [4.78, 5) is 32.3. The van der Waals surface area contributed by atoms with E-state index in [0.717, 1.165) is 6.42 Å². The maximum Gasteiger partial charge on any atom is 0.317 e. The zero-order valence-corrected chi connectivity index (χ0v) is 13.9. The minimum atomic E-state index is -0.110. The van der Waals surface area contributed by atoms with Crippen LogP contribution in [0, 0.1) is 0 Å². The molecule has 1 fully saturated rings. The molecule has 7 heteroatoms. The average Bonchev–Trinajstić information content (AvgIpc) is 2.79. The Bertz CT molecular complexity index is 562. The molecule has 23 heavy (non-hydrogen) atoms. The van der Waals surface area contributed by atoms with E-state index < -0.39 is 0 Å². The lowest BCUT2D eigenvalue weighted by atomic mass is 10.2. The summed E-state index contributed by atoms with van der Waals surface area (Å²) in [6, 6.07) is 3.45. The Kier molecular flexibility index (Phi) is 5.78. The molecule has 3 amide bonds. The number of carbonyl (C=O) groups excluding carboxylic acids is 2. The molecule has 1 aliphatic heterocycles. The molecule has 0 saturated carbocycles. The topological polar surface area (TPSA) is 74.8 Å². The van der Waals surface area contributed by atoms with Crippen LogP contribution in [0.25, 0.3) is 0 Å². The number of rotatable bonds is 3. The first-order valence-electron chi connectivity index (χ1n) is 7.86. The highest BCUT2D eigenvalue weighted by molar-refractivity contribution is 5.96. The Morgan fingerprint density at radius 2 is 1.91 bits per heavy atom. The van der Waals surface area contributed by atoms with E-state index in [1.165, 1.54) is 7.11 Å². The molecule has 1 aromatic rings. The molecular weight excluding hydrogens is 296 g/mol. The minimum Gasteiger partial charge on any atom is -0.480 e. The predicted octanol–water partition coefficient (Wildman–Crippen LogP) is 1.36. The Morgan fingerprint density at radius 3 is 2.61 bits per heavy atom. The smallest absolute Gasteiger partial charge is 0.317 e. The molecule has 1 aromatic heterocycles. The van der Waals surface area contributed by atoms with E-state index in [0.29, 0.717) is 37.6 Å². The number of aromatic nitrogens is 1. The summed E-state index contributed by atoms with van der Waals surface area (Å²) in [5, 5.41) is 2.89. The van der Waals surface area contributed by atoms with E-state index in [2.05, 4.69) is 10.3 Å². The molecule has 0 atom stereocenters. The fourth-order valence-corrected chi connectivity index (χ4v) is 2.55. The van der Waals surface area contributed by atoms with E-state index in [-0.39, 0.29) is 18.0 Å². The molecule has 1 aliphatic rings. The molecule has 0 unspecified atom stereocenters. The number of pyridine rings is 1. The Hall–Kier alpha value is -2.31. The lowest BCUT2D eigenvalue weighted by molar-refractivity contribution is 0.0758. The van der Waals surface area contributed by atoms with Crippen molar-refractivity contribution >= 4 is 11.9 Å². The van der Waals surface area contributed by atoms with Crippen molar-refractivity contribution in [3.63, 3.8) is 0 Å². The first kappa shape index (κ1) is 17.1. The van der Waals surface area contributed by atoms with E-state index in [1.807, 2.05) is 13.8 Å². The molecule has 0 spiro atoms. The molecule has 0 aromatic carbocycles. The molecule has 1 N–H and O–H groups in total. The summed E-state index contributed by atoms with van der Waals surface area (Å²) in [5.74, 6) is 0.220. The molecule has 2 heterocycles. The van der Waals surface area contributed by atoms with E-state index in [4.69, 9.17) is 4.74 Å². The van der Waals surface area contributed by atoms with Crippen molar-refractivity contribution in [2.24, 2.45) is 0 Å². The van der Waals surface area contributed by atoms with Gasteiger partial charge >= 0.3 is 6.03 Å². The molecule has 0 bridgehead atoms. The summed E-state index contributed by atoms with van der Waals surface area (Å²) in [5.41, 5.74) is 0.454. The number of methoxy groups -OCH3 is 1. The Balaban J connectivity index is 2.02. The van der Waals surface area contributed by atoms with Gasteiger partial charge in [-0.3, -0.25) is 4.79 Å². The quantitative estimate of drug-likeness (QED) is 0.912. The molecular formula is C16H24N4O3. The summed E-state index contributed by atoms with van der Waals surface area (Å²) >= 11 is 0. The lowest BCUT2D eigenvalue weighted by Gasteiger charge is -2.23. The van der Waals surface area contributed by atoms with Crippen LogP contribution in [0.3, 0.4) is 0 Å². The van der Waals surface area contributed by atoms with E-state index in [9.17, 15) is 9.59 Å². The van der Waals surface area contributed by atoms with Gasteiger partial charge in [-0.25, -0.2) is 9.78 Å². The highest BCUT2D eigenvalue weighted by Crippen LogP contribution is 2.17. The molecule has 0 aliphatic carbocycles. The number of hydrogen-bond donors (Lipinski definition) is 1. The van der Waals surface area contributed by atoms with Gasteiger partial charge in [0, 0.05) is 38.4 Å². The van der Waals surface area contributed by atoms with Crippen molar-refractivity contribution < 1.29 is 14.3 Å². The van der Waals surface area contributed by atoms with Crippen LogP contribution in [0.4, 0.5) is 4.79 Å². The highest BCUT2D eigenvalue weighted by atomic mass is 16.5. The summed E-state index contributed by atoms with van der Waals surface area (Å²) in [6.45, 7) is 6.14. The second-order valence-corrected chi connectivity index (χ2v) is 5.80. The van der Waals surface area contributed by atoms with Gasteiger partial charge in [0.1, 0.15) is 5.56 Å². The van der Waals surface area contributed by atoms with Crippen LogP contribution in [0.15, 0.2) is 18.3 Å². The fraction of sp³-hybridized carbons (Fsp3) is 0.562. The predicted molar refractivity (Wildman–Crippen MR) is 86.6 cm³/mol. The number of urea groups is 1. The average molecular weight is 320 g/mol. The summed E-state index contributed by atoms with van der Waals surface area (Å²) in [6.07, 6.45) is 2.34. The van der Waals surface area contributed by atoms with Crippen molar-refractivity contribution in [2.75, 3.05) is 33.3 Å². The third-order valence-corrected chi connectivity index (χ3v) is 3.68. The summed E-state index contributed by atoms with van der Waals surface area (Å²) in [7, 11) is 1.50. The van der Waals surface area contributed by atoms with Gasteiger partial charge in [-0.15, -0.1) is 0 Å². The fourth-order valence-electron chi connectivity index (χ4n) is 2.55. The number of hydrogen-bond acceptors (Lipinski definition) is 4. The zero-order valence-electron chi connectivity index (χ0n) is 13.9. The number of nitrogens with one attached hydrogen (secondary N) is 1. The van der Waals surface area contributed by atoms with Crippen LogP contribution in [0.2, 0.25) is 0 Å². The van der Waals surface area contributed by atoms with Crippen LogP contribution in [0.5, 0.6) is 5.88 Å². The summed E-state index contributed by atoms with van der Waals surface area (Å²) < 4.78 is 5.16. The molecule has 7 nitrogen and oxygen atoms in total. The van der Waals surface area contributed by atoms with Gasteiger partial charge in [-0.1, -0.05) is 0 Å². The molecule has 2 rings (SSSR count). The largest absolute Gasteiger partial charge is 0.480 e. The van der Waals surface area contributed by atoms with Crippen LogP contribution in [-0.2, 0) is 0 Å². The van der Waals surface area contributed by atoms with E-state index in [1.54, 1.807) is 28.1 Å². The monoisotopic (exact) mass is 320 g/mol. The van der Waals surface area contributed by atoms with Gasteiger partial charge in [0.05, 0.1) is 7.11 Å². The number of ether oxygens (including phenoxy) is 1. The third kappa shape index (κ3) is 4.34. The second kappa shape index (κ2) is 7.80. The van der Waals surface area contributed by atoms with Crippen molar-refractivity contribution in [3.8, 4) is 5.88 Å². The standard InChI is InChI=1S/C16H24N4O3/c1-12(2)18-16(22)20-9-5-8-19(10-11-20)15(21)13-6-4-7-17-14(13)23-3/h4,6-7,12H,5,8-11H2,1-3H3,(H,18,22). The second-order valence-electron chi connectivity index (χ2n) is 5.80. The zero-order chi connectivity index (χ0) is 16.8. The SMILES string of the molecule is COc1ncccc1C(=O)N1CCCN(C(=O)NC(C)C)CC1. The molecule has 126 valence electrons. The maximum atomic E-state index is 12.7. The van der Waals surface area contributed by atoms with Crippen molar-refractivity contribution in [1.82, 2.24) is 20.1 Å². The van der Waals surface area contributed by atoms with Gasteiger partial charge in [0.15, 0.2) is 0 Å². The number of carbonyl (C=O) groups is 2. The van der Waals surface area contributed by atoms with Crippen molar-refractivity contribution in [2.45, 2.75) is 26.3 Å². The van der Waals surface area contributed by atoms with Gasteiger partial charge in [0.2, 0.25) is 5.88 Å². The highest BCUT2D eigenvalue weighted by Gasteiger charge is 2.25. The first-order valence-corrected chi connectivity index (χ1v) is 7.86. The van der Waals surface area contributed by atoms with E-state index >= 15 is 0 Å². The molecule has 0 radical (unpaired) electrons. The third-order valence-electron chi connectivity index (χ3n) is 3.68. The van der Waals surface area contributed by atoms with Gasteiger partial charge in [-0.05, 0) is 32.4 Å². The van der Waals surface area contributed by atoms with Crippen molar-refractivity contribution in [1.29, 1.82) is 0 Å². The van der Waals surface area contributed by atoms with Crippen LogP contribution >= 0.6 is 0 Å². The first-order chi connectivity index (χ1) is 11.0. The lowest BCUT2D eigenvalue weighted by Crippen LogP contribution is -2.44. The maximum absolute atomic E-state index is 12.7.